The Morgan fingerprint density at radius 2 is 1.93 bits per heavy atom. The minimum Gasteiger partial charge on any atom is -0.341 e. The van der Waals surface area contributed by atoms with Gasteiger partial charge in [0.1, 0.15) is 0 Å². The van der Waals surface area contributed by atoms with Crippen LogP contribution in [0.1, 0.15) is 26.3 Å². The number of urea groups is 1. The van der Waals surface area contributed by atoms with Crippen molar-refractivity contribution in [3.8, 4) is 0 Å². The average molecular weight is 206 g/mol. The molecule has 2 amide bonds. The first-order valence-electron chi connectivity index (χ1n) is 5.03. The van der Waals surface area contributed by atoms with Crippen molar-refractivity contribution in [1.29, 1.82) is 0 Å². The summed E-state index contributed by atoms with van der Waals surface area (Å²) in [6, 6.07) is 7.70. The largest absolute Gasteiger partial charge is 0.341 e. The van der Waals surface area contributed by atoms with Gasteiger partial charge >= 0.3 is 6.03 Å². The van der Waals surface area contributed by atoms with Crippen LogP contribution in [0.2, 0.25) is 0 Å². The van der Waals surface area contributed by atoms with Crippen LogP contribution in [0.5, 0.6) is 0 Å². The summed E-state index contributed by atoms with van der Waals surface area (Å²) in [5.74, 6) is 0. The molecular weight excluding hydrogens is 188 g/mol. The number of benzene rings is 1. The fourth-order valence-electron chi connectivity index (χ4n) is 1.26. The summed E-state index contributed by atoms with van der Waals surface area (Å²) in [5.41, 5.74) is 2.12. The molecule has 1 aromatic rings. The normalized spacial score (nSPS) is 10.9. The Hall–Kier alpha value is -1.51. The molecule has 0 aliphatic rings. The van der Waals surface area contributed by atoms with E-state index in [1.54, 1.807) is 7.05 Å². The maximum Gasteiger partial charge on any atom is 0.318 e. The lowest BCUT2D eigenvalue weighted by Crippen LogP contribution is -2.24. The first-order valence-corrected chi connectivity index (χ1v) is 5.03. The van der Waals surface area contributed by atoms with Crippen LogP contribution < -0.4 is 10.6 Å². The van der Waals surface area contributed by atoms with E-state index in [0.717, 1.165) is 5.69 Å². The molecule has 0 bridgehead atoms. The minimum absolute atomic E-state index is 0.0976. The summed E-state index contributed by atoms with van der Waals surface area (Å²) in [5, 5.41) is 5.28. The summed E-state index contributed by atoms with van der Waals surface area (Å²) in [7, 11) is 1.60. The molecule has 2 N–H and O–H groups in total. The number of hydrogen-bond acceptors (Lipinski definition) is 1. The van der Waals surface area contributed by atoms with E-state index < -0.39 is 0 Å². The summed E-state index contributed by atoms with van der Waals surface area (Å²) < 4.78 is 0. The molecule has 1 aromatic carbocycles. The van der Waals surface area contributed by atoms with Gasteiger partial charge in [0.2, 0.25) is 0 Å². The van der Waals surface area contributed by atoms with Crippen LogP contribution in [0.4, 0.5) is 10.5 Å². The van der Waals surface area contributed by atoms with Crippen LogP contribution in [0.3, 0.4) is 0 Å². The third-order valence-electron chi connectivity index (χ3n) is 2.21. The fraction of sp³-hybridized carbons (Fsp3) is 0.417. The van der Waals surface area contributed by atoms with Crippen LogP contribution in [0.25, 0.3) is 0 Å². The summed E-state index contributed by atoms with van der Waals surface area (Å²) in [4.78, 5) is 11.1. The van der Waals surface area contributed by atoms with Gasteiger partial charge in [0.15, 0.2) is 0 Å². The molecule has 0 radical (unpaired) electrons. The van der Waals surface area contributed by atoms with Crippen LogP contribution in [-0.2, 0) is 5.41 Å². The zero-order valence-corrected chi connectivity index (χ0v) is 9.72. The van der Waals surface area contributed by atoms with Crippen molar-refractivity contribution in [3.05, 3.63) is 29.8 Å². The van der Waals surface area contributed by atoms with Crippen molar-refractivity contribution in [2.45, 2.75) is 26.2 Å². The predicted octanol–water partition coefficient (Wildman–Crippen LogP) is 2.74. The zero-order chi connectivity index (χ0) is 11.5. The number of rotatable bonds is 1. The first kappa shape index (κ1) is 11.6. The van der Waals surface area contributed by atoms with Crippen molar-refractivity contribution in [1.82, 2.24) is 5.32 Å². The molecular formula is C12H18N2O. The van der Waals surface area contributed by atoms with Gasteiger partial charge in [-0.2, -0.15) is 0 Å². The molecule has 0 saturated carbocycles. The number of carbonyl (C=O) groups is 1. The average Bonchev–Trinajstić information content (AvgIpc) is 2.17. The molecule has 0 aromatic heterocycles. The molecule has 3 heteroatoms. The van der Waals surface area contributed by atoms with Crippen molar-refractivity contribution in [2.75, 3.05) is 12.4 Å². The van der Waals surface area contributed by atoms with Crippen LogP contribution in [0, 0.1) is 0 Å². The van der Waals surface area contributed by atoms with Gasteiger partial charge in [0, 0.05) is 12.7 Å². The molecule has 3 nitrogen and oxygen atoms in total. The number of anilines is 1. The summed E-state index contributed by atoms with van der Waals surface area (Å²) in [6.07, 6.45) is 0. The van der Waals surface area contributed by atoms with Gasteiger partial charge in [-0.1, -0.05) is 32.9 Å². The van der Waals surface area contributed by atoms with Gasteiger partial charge in [0.05, 0.1) is 0 Å². The molecule has 0 spiro atoms. The maximum absolute atomic E-state index is 11.1. The van der Waals surface area contributed by atoms with Crippen molar-refractivity contribution >= 4 is 11.7 Å². The third kappa shape index (κ3) is 3.27. The van der Waals surface area contributed by atoms with Gasteiger partial charge in [-0.3, -0.25) is 0 Å². The standard InChI is InChI=1S/C12H18N2O/c1-12(2,3)9-6-5-7-10(8-9)14-11(15)13-4/h5-8H,1-4H3,(H2,13,14,15). The van der Waals surface area contributed by atoms with Crippen LogP contribution >= 0.6 is 0 Å². The molecule has 0 unspecified atom stereocenters. The quantitative estimate of drug-likeness (QED) is 0.728. The maximum atomic E-state index is 11.1. The summed E-state index contributed by atoms with van der Waals surface area (Å²) >= 11 is 0. The lowest BCUT2D eigenvalue weighted by atomic mass is 9.87. The van der Waals surface area contributed by atoms with Gasteiger partial charge < -0.3 is 10.6 Å². The molecule has 0 heterocycles. The molecule has 0 fully saturated rings. The highest BCUT2D eigenvalue weighted by Crippen LogP contribution is 2.24. The molecule has 0 atom stereocenters. The first-order chi connectivity index (χ1) is 6.93. The van der Waals surface area contributed by atoms with Crippen molar-refractivity contribution in [2.24, 2.45) is 0 Å². The second kappa shape index (κ2) is 4.34. The van der Waals surface area contributed by atoms with Crippen molar-refractivity contribution < 1.29 is 4.79 Å². The Bertz CT molecular complexity index is 353. The lowest BCUT2D eigenvalue weighted by molar-refractivity contribution is 0.254. The number of amides is 2. The lowest BCUT2D eigenvalue weighted by Gasteiger charge is -2.19. The Morgan fingerprint density at radius 3 is 2.47 bits per heavy atom. The second-order valence-corrected chi connectivity index (χ2v) is 4.53. The highest BCUT2D eigenvalue weighted by Gasteiger charge is 2.13. The zero-order valence-electron chi connectivity index (χ0n) is 9.72. The van der Waals surface area contributed by atoms with Gasteiger partial charge in [-0.15, -0.1) is 0 Å². The number of carbonyl (C=O) groups excluding carboxylic acids is 1. The van der Waals surface area contributed by atoms with Crippen LogP contribution in [0.15, 0.2) is 24.3 Å². The molecule has 15 heavy (non-hydrogen) atoms. The molecule has 82 valence electrons. The van der Waals surface area contributed by atoms with E-state index in [4.69, 9.17) is 0 Å². The summed E-state index contributed by atoms with van der Waals surface area (Å²) in [6.45, 7) is 6.43. The highest BCUT2D eigenvalue weighted by atomic mass is 16.2. The van der Waals surface area contributed by atoms with E-state index in [-0.39, 0.29) is 11.4 Å². The topological polar surface area (TPSA) is 41.1 Å². The van der Waals surface area contributed by atoms with E-state index >= 15 is 0 Å². The Labute approximate surface area is 90.9 Å². The van der Waals surface area contributed by atoms with Crippen molar-refractivity contribution in [3.63, 3.8) is 0 Å². The number of nitrogens with one attached hydrogen (secondary N) is 2. The van der Waals surface area contributed by atoms with E-state index in [1.165, 1.54) is 5.56 Å². The Morgan fingerprint density at radius 1 is 1.27 bits per heavy atom. The molecule has 0 aliphatic heterocycles. The Kier molecular flexibility index (Phi) is 3.35. The predicted molar refractivity (Wildman–Crippen MR) is 63.2 cm³/mol. The third-order valence-corrected chi connectivity index (χ3v) is 2.21. The van der Waals surface area contributed by atoms with Gasteiger partial charge in [-0.05, 0) is 23.1 Å². The second-order valence-electron chi connectivity index (χ2n) is 4.53. The Balaban J connectivity index is 2.88. The highest BCUT2D eigenvalue weighted by molar-refractivity contribution is 5.89. The monoisotopic (exact) mass is 206 g/mol. The number of hydrogen-bond donors (Lipinski definition) is 2. The smallest absolute Gasteiger partial charge is 0.318 e. The van der Waals surface area contributed by atoms with Gasteiger partial charge in [0.25, 0.3) is 0 Å². The SMILES string of the molecule is CNC(=O)Nc1cccc(C(C)(C)C)c1. The molecule has 1 rings (SSSR count). The van der Waals surface area contributed by atoms with E-state index in [0.29, 0.717) is 0 Å². The minimum atomic E-state index is -0.193. The van der Waals surface area contributed by atoms with Gasteiger partial charge in [-0.25, -0.2) is 4.79 Å². The fourth-order valence-corrected chi connectivity index (χ4v) is 1.26. The van der Waals surface area contributed by atoms with E-state index in [9.17, 15) is 4.79 Å². The van der Waals surface area contributed by atoms with E-state index in [2.05, 4.69) is 37.5 Å². The molecule has 0 saturated heterocycles. The molecule has 0 aliphatic carbocycles. The van der Waals surface area contributed by atoms with Crippen LogP contribution in [-0.4, -0.2) is 13.1 Å². The van der Waals surface area contributed by atoms with E-state index in [1.807, 2.05) is 18.2 Å².